The van der Waals surface area contributed by atoms with Crippen LogP contribution in [0, 0.1) is 6.92 Å². The molecule has 104 valence electrons. The van der Waals surface area contributed by atoms with Crippen LogP contribution in [0.1, 0.15) is 31.0 Å². The van der Waals surface area contributed by atoms with Gasteiger partial charge in [0.15, 0.2) is 0 Å². The number of urea groups is 1. The van der Waals surface area contributed by atoms with Crippen LogP contribution in [-0.2, 0) is 4.79 Å². The van der Waals surface area contributed by atoms with Crippen LogP contribution in [0.4, 0.5) is 4.79 Å². The van der Waals surface area contributed by atoms with Gasteiger partial charge >= 0.3 is 6.03 Å². The van der Waals surface area contributed by atoms with Gasteiger partial charge in [0.1, 0.15) is 0 Å². The van der Waals surface area contributed by atoms with Crippen LogP contribution in [0.5, 0.6) is 0 Å². The second-order valence-corrected chi connectivity index (χ2v) is 4.59. The molecule has 0 aliphatic rings. The first-order valence-electron chi connectivity index (χ1n) is 6.29. The van der Waals surface area contributed by atoms with Gasteiger partial charge < -0.3 is 5.32 Å². The van der Waals surface area contributed by atoms with Gasteiger partial charge in [0.05, 0.1) is 6.04 Å². The normalized spacial score (nSPS) is 13.5. The molecule has 0 aliphatic carbocycles. The highest BCUT2D eigenvalue weighted by Gasteiger charge is 2.17. The largest absolute Gasteiger partial charge is 0.341 e. The molecule has 3 N–H and O–H groups in total. The molecule has 1 unspecified atom stereocenters. The lowest BCUT2D eigenvalue weighted by atomic mass is 10.1. The van der Waals surface area contributed by atoms with E-state index in [2.05, 4.69) is 22.0 Å². The van der Waals surface area contributed by atoms with Gasteiger partial charge in [-0.3, -0.25) is 15.4 Å². The van der Waals surface area contributed by atoms with E-state index in [1.54, 1.807) is 6.92 Å². The van der Waals surface area contributed by atoms with Gasteiger partial charge in [-0.2, -0.15) is 0 Å². The molecule has 1 rings (SSSR count). The third-order valence-electron chi connectivity index (χ3n) is 2.90. The highest BCUT2D eigenvalue weighted by Crippen LogP contribution is 2.14. The number of carbonyl (C=O) groups is 2. The number of hydrogen-bond donors (Lipinski definition) is 3. The van der Waals surface area contributed by atoms with E-state index in [1.807, 2.05) is 32.0 Å². The van der Waals surface area contributed by atoms with Crippen molar-refractivity contribution in [2.45, 2.75) is 32.9 Å². The van der Waals surface area contributed by atoms with Crippen LogP contribution in [0.25, 0.3) is 0 Å². The van der Waals surface area contributed by atoms with Gasteiger partial charge in [-0.1, -0.05) is 29.8 Å². The number of amides is 3. The molecule has 0 heterocycles. The number of imide groups is 1. The zero-order valence-electron chi connectivity index (χ0n) is 11.8. The van der Waals surface area contributed by atoms with Crippen molar-refractivity contribution >= 4 is 11.9 Å². The maximum absolute atomic E-state index is 11.7. The van der Waals surface area contributed by atoms with Gasteiger partial charge in [-0.05, 0) is 26.3 Å². The molecule has 1 aromatic carbocycles. The quantitative estimate of drug-likeness (QED) is 0.771. The summed E-state index contributed by atoms with van der Waals surface area (Å²) < 4.78 is 0. The van der Waals surface area contributed by atoms with E-state index in [0.29, 0.717) is 0 Å². The minimum atomic E-state index is -0.498. The molecule has 0 saturated heterocycles. The van der Waals surface area contributed by atoms with E-state index in [0.717, 1.165) is 5.56 Å². The maximum atomic E-state index is 11.7. The Labute approximate surface area is 113 Å². The molecule has 0 aromatic heterocycles. The summed E-state index contributed by atoms with van der Waals surface area (Å²) in [5.41, 5.74) is 2.29. The number of rotatable bonds is 4. The molecule has 3 amide bonds. The van der Waals surface area contributed by atoms with Crippen molar-refractivity contribution in [2.24, 2.45) is 0 Å². The smallest absolute Gasteiger partial charge is 0.321 e. The minimum Gasteiger partial charge on any atom is -0.341 e. The maximum Gasteiger partial charge on any atom is 0.321 e. The summed E-state index contributed by atoms with van der Waals surface area (Å²) in [4.78, 5) is 22.8. The molecule has 0 aliphatic heterocycles. The summed E-state index contributed by atoms with van der Waals surface area (Å²) in [6.07, 6.45) is 0. The average molecular weight is 263 g/mol. The molecule has 5 nitrogen and oxygen atoms in total. The van der Waals surface area contributed by atoms with Crippen molar-refractivity contribution < 1.29 is 9.59 Å². The number of carbonyl (C=O) groups excluding carboxylic acids is 2. The van der Waals surface area contributed by atoms with Crippen molar-refractivity contribution in [3.8, 4) is 0 Å². The molecule has 0 radical (unpaired) electrons. The lowest BCUT2D eigenvalue weighted by molar-refractivity contribution is -0.121. The molecule has 0 bridgehead atoms. The van der Waals surface area contributed by atoms with Crippen molar-refractivity contribution in [1.29, 1.82) is 0 Å². The van der Waals surface area contributed by atoms with Crippen LogP contribution in [-0.4, -0.2) is 25.0 Å². The topological polar surface area (TPSA) is 70.2 Å². The van der Waals surface area contributed by atoms with E-state index in [-0.39, 0.29) is 11.9 Å². The van der Waals surface area contributed by atoms with Gasteiger partial charge in [0.25, 0.3) is 0 Å². The van der Waals surface area contributed by atoms with Gasteiger partial charge in [-0.15, -0.1) is 0 Å². The molecule has 0 spiro atoms. The predicted octanol–water partition coefficient (Wildman–Crippen LogP) is 1.49. The SMILES string of the molecule is CNC(=O)NC(=O)C(C)N[C@@H](C)c1cccc(C)c1. The summed E-state index contributed by atoms with van der Waals surface area (Å²) in [5, 5.41) is 7.75. The van der Waals surface area contributed by atoms with Crippen molar-refractivity contribution in [3.63, 3.8) is 0 Å². The van der Waals surface area contributed by atoms with Gasteiger partial charge in [0.2, 0.25) is 5.91 Å². The first-order chi connectivity index (χ1) is 8.93. The number of nitrogens with one attached hydrogen (secondary N) is 3. The molecule has 2 atom stereocenters. The molecule has 0 saturated carbocycles. The average Bonchev–Trinajstić information content (AvgIpc) is 2.38. The fourth-order valence-corrected chi connectivity index (χ4v) is 1.77. The van der Waals surface area contributed by atoms with Crippen LogP contribution < -0.4 is 16.0 Å². The molecule has 5 heteroatoms. The lowest BCUT2D eigenvalue weighted by Crippen LogP contribution is -2.47. The first-order valence-corrected chi connectivity index (χ1v) is 6.29. The Morgan fingerprint density at radius 2 is 1.89 bits per heavy atom. The van der Waals surface area contributed by atoms with E-state index in [9.17, 15) is 9.59 Å². The van der Waals surface area contributed by atoms with Crippen molar-refractivity contribution in [2.75, 3.05) is 7.05 Å². The summed E-state index contributed by atoms with van der Waals surface area (Å²) >= 11 is 0. The van der Waals surface area contributed by atoms with Gasteiger partial charge in [-0.25, -0.2) is 4.79 Å². The third-order valence-corrected chi connectivity index (χ3v) is 2.90. The summed E-state index contributed by atoms with van der Waals surface area (Å²) in [5.74, 6) is -0.348. The monoisotopic (exact) mass is 263 g/mol. The lowest BCUT2D eigenvalue weighted by Gasteiger charge is -2.19. The fraction of sp³-hybridized carbons (Fsp3) is 0.429. The summed E-state index contributed by atoms with van der Waals surface area (Å²) in [6, 6.07) is 7.17. The molecule has 1 aromatic rings. The van der Waals surface area contributed by atoms with E-state index in [4.69, 9.17) is 0 Å². The Kier molecular flexibility index (Phi) is 5.51. The van der Waals surface area contributed by atoms with Gasteiger partial charge in [0, 0.05) is 13.1 Å². The highest BCUT2D eigenvalue weighted by atomic mass is 16.2. The summed E-state index contributed by atoms with van der Waals surface area (Å²) in [6.45, 7) is 5.74. The van der Waals surface area contributed by atoms with Crippen LogP contribution in [0.3, 0.4) is 0 Å². The Hall–Kier alpha value is -1.88. The van der Waals surface area contributed by atoms with Crippen molar-refractivity contribution in [3.05, 3.63) is 35.4 Å². The Morgan fingerprint density at radius 3 is 2.47 bits per heavy atom. The highest BCUT2D eigenvalue weighted by molar-refractivity contribution is 5.96. The van der Waals surface area contributed by atoms with E-state index in [1.165, 1.54) is 12.6 Å². The van der Waals surface area contributed by atoms with Crippen molar-refractivity contribution in [1.82, 2.24) is 16.0 Å². The molecule has 0 fully saturated rings. The second-order valence-electron chi connectivity index (χ2n) is 4.59. The zero-order chi connectivity index (χ0) is 14.4. The Bertz CT molecular complexity index is 460. The molecular weight excluding hydrogens is 242 g/mol. The molecule has 19 heavy (non-hydrogen) atoms. The first kappa shape index (κ1) is 15.2. The second kappa shape index (κ2) is 6.89. The Morgan fingerprint density at radius 1 is 1.21 bits per heavy atom. The molecular formula is C14H21N3O2. The van der Waals surface area contributed by atoms with E-state index >= 15 is 0 Å². The minimum absolute atomic E-state index is 0.0327. The third kappa shape index (κ3) is 4.71. The van der Waals surface area contributed by atoms with Crippen LogP contribution >= 0.6 is 0 Å². The fourth-order valence-electron chi connectivity index (χ4n) is 1.77. The number of benzene rings is 1. The van der Waals surface area contributed by atoms with Crippen LogP contribution in [0.15, 0.2) is 24.3 Å². The Balaban J connectivity index is 2.58. The predicted molar refractivity (Wildman–Crippen MR) is 74.8 cm³/mol. The summed E-state index contributed by atoms with van der Waals surface area (Å²) in [7, 11) is 1.47. The standard InChI is InChI=1S/C14H21N3O2/c1-9-6-5-7-12(8-9)10(2)16-11(3)13(18)17-14(19)15-4/h5-8,10-11,16H,1-4H3,(H2,15,17,18,19)/t10-,11?/m0/s1. The van der Waals surface area contributed by atoms with E-state index < -0.39 is 12.1 Å². The number of hydrogen-bond acceptors (Lipinski definition) is 3. The zero-order valence-corrected chi connectivity index (χ0v) is 11.8. The van der Waals surface area contributed by atoms with Crippen LogP contribution in [0.2, 0.25) is 0 Å². The number of aryl methyl sites for hydroxylation is 1.